The minimum absolute atomic E-state index is 0.0522. The van der Waals surface area contributed by atoms with Gasteiger partial charge in [-0.05, 0) is 37.0 Å². The van der Waals surface area contributed by atoms with Crippen molar-refractivity contribution in [2.24, 2.45) is 5.92 Å². The van der Waals surface area contributed by atoms with Crippen molar-refractivity contribution in [1.82, 2.24) is 9.88 Å². The number of nitrogens with zero attached hydrogens (tertiary/aromatic N) is 3. The molecule has 1 aromatic carbocycles. The Bertz CT molecular complexity index is 754. The number of likely N-dealkylation sites (tertiary alicyclic amines) is 1. The summed E-state index contributed by atoms with van der Waals surface area (Å²) in [6, 6.07) is 6.07. The van der Waals surface area contributed by atoms with Crippen molar-refractivity contribution in [2.45, 2.75) is 12.8 Å². The lowest BCUT2D eigenvalue weighted by Gasteiger charge is -2.31. The summed E-state index contributed by atoms with van der Waals surface area (Å²) in [4.78, 5) is 29.3. The largest absolute Gasteiger partial charge is 0.396 e. The van der Waals surface area contributed by atoms with Crippen LogP contribution in [0.15, 0.2) is 30.5 Å². The molecule has 120 valence electrons. The van der Waals surface area contributed by atoms with E-state index in [4.69, 9.17) is 0 Å². The predicted octanol–water partition coefficient (Wildman–Crippen LogP) is 1.99. The van der Waals surface area contributed by atoms with Gasteiger partial charge in [0.25, 0.3) is 11.6 Å². The van der Waals surface area contributed by atoms with Crippen LogP contribution in [0.2, 0.25) is 0 Å². The van der Waals surface area contributed by atoms with E-state index in [1.807, 2.05) is 0 Å². The van der Waals surface area contributed by atoms with Crippen LogP contribution in [0.3, 0.4) is 0 Å². The molecule has 1 N–H and O–H groups in total. The second-order valence-electron chi connectivity index (χ2n) is 5.71. The minimum atomic E-state index is -0.467. The molecule has 23 heavy (non-hydrogen) atoms. The van der Waals surface area contributed by atoms with Gasteiger partial charge in [0.15, 0.2) is 0 Å². The highest BCUT2D eigenvalue weighted by atomic mass is 16.6. The molecule has 3 rings (SSSR count). The molecule has 7 heteroatoms. The summed E-state index contributed by atoms with van der Waals surface area (Å²) in [7, 11) is 0. The molecule has 0 spiro atoms. The van der Waals surface area contributed by atoms with E-state index in [1.165, 1.54) is 18.3 Å². The zero-order valence-corrected chi connectivity index (χ0v) is 12.5. The normalized spacial score (nSPS) is 15.8. The van der Waals surface area contributed by atoms with Crippen molar-refractivity contribution in [1.29, 1.82) is 0 Å². The number of pyridine rings is 1. The molecule has 0 unspecified atom stereocenters. The quantitative estimate of drug-likeness (QED) is 0.690. The Balaban J connectivity index is 1.96. The Labute approximate surface area is 132 Å². The fourth-order valence-electron chi connectivity index (χ4n) is 2.98. The van der Waals surface area contributed by atoms with E-state index in [0.717, 1.165) is 12.8 Å². The topological polar surface area (TPSA) is 96.6 Å². The highest BCUT2D eigenvalue weighted by Crippen LogP contribution is 2.28. The third kappa shape index (κ3) is 2.87. The van der Waals surface area contributed by atoms with Crippen LogP contribution < -0.4 is 0 Å². The Morgan fingerprint density at radius 2 is 2.09 bits per heavy atom. The maximum atomic E-state index is 12.7. The monoisotopic (exact) mass is 315 g/mol. The van der Waals surface area contributed by atoms with Crippen LogP contribution in [0.25, 0.3) is 10.9 Å². The maximum Gasteiger partial charge on any atom is 0.278 e. The molecule has 0 aliphatic carbocycles. The molecule has 0 atom stereocenters. The highest BCUT2D eigenvalue weighted by molar-refractivity contribution is 6.07. The van der Waals surface area contributed by atoms with Crippen molar-refractivity contribution < 1.29 is 14.8 Å². The summed E-state index contributed by atoms with van der Waals surface area (Å²) in [5.74, 6) is 0.0748. The molecule has 1 fully saturated rings. The number of carbonyl (C=O) groups excluding carboxylic acids is 1. The first-order chi connectivity index (χ1) is 11.1. The van der Waals surface area contributed by atoms with Crippen molar-refractivity contribution in [3.63, 3.8) is 0 Å². The number of carbonyl (C=O) groups is 1. The first kappa shape index (κ1) is 15.4. The van der Waals surface area contributed by atoms with Crippen molar-refractivity contribution >= 4 is 22.5 Å². The number of hydrogen-bond acceptors (Lipinski definition) is 5. The standard InChI is InChI=1S/C16H17N3O4/c20-10-11-5-8-18(9-6-11)16(21)13-3-4-14(19(22)23)12-2-1-7-17-15(12)13/h1-4,7,11,20H,5-6,8-10H2. The van der Waals surface area contributed by atoms with Gasteiger partial charge in [-0.1, -0.05) is 0 Å². The lowest BCUT2D eigenvalue weighted by Crippen LogP contribution is -2.39. The fourth-order valence-corrected chi connectivity index (χ4v) is 2.98. The van der Waals surface area contributed by atoms with Crippen LogP contribution in [-0.4, -0.2) is 45.5 Å². The average molecular weight is 315 g/mol. The van der Waals surface area contributed by atoms with E-state index in [-0.39, 0.29) is 24.1 Å². The molecule has 0 saturated carbocycles. The van der Waals surface area contributed by atoms with Crippen LogP contribution in [-0.2, 0) is 0 Å². The number of nitro benzene ring substituents is 1. The number of benzene rings is 1. The lowest BCUT2D eigenvalue weighted by atomic mass is 9.97. The smallest absolute Gasteiger partial charge is 0.278 e. The molecule has 7 nitrogen and oxygen atoms in total. The number of hydrogen-bond donors (Lipinski definition) is 1. The third-order valence-corrected chi connectivity index (χ3v) is 4.33. The van der Waals surface area contributed by atoms with Gasteiger partial charge in [-0.15, -0.1) is 0 Å². The van der Waals surface area contributed by atoms with E-state index in [9.17, 15) is 20.0 Å². The first-order valence-corrected chi connectivity index (χ1v) is 7.54. The van der Waals surface area contributed by atoms with Gasteiger partial charge >= 0.3 is 0 Å². The number of non-ortho nitro benzene ring substituents is 1. The molecule has 0 bridgehead atoms. The summed E-state index contributed by atoms with van der Waals surface area (Å²) in [6.45, 7) is 1.30. The summed E-state index contributed by atoms with van der Waals surface area (Å²) >= 11 is 0. The minimum Gasteiger partial charge on any atom is -0.396 e. The molecule has 1 amide bonds. The van der Waals surface area contributed by atoms with E-state index in [0.29, 0.717) is 29.6 Å². The zero-order chi connectivity index (χ0) is 16.4. The number of amides is 1. The fraction of sp³-hybridized carbons (Fsp3) is 0.375. The van der Waals surface area contributed by atoms with Crippen LogP contribution >= 0.6 is 0 Å². The second-order valence-corrected chi connectivity index (χ2v) is 5.71. The number of aliphatic hydroxyl groups excluding tert-OH is 1. The summed E-state index contributed by atoms with van der Waals surface area (Å²) in [6.07, 6.45) is 3.06. The summed E-state index contributed by atoms with van der Waals surface area (Å²) < 4.78 is 0. The summed E-state index contributed by atoms with van der Waals surface area (Å²) in [5, 5.41) is 20.7. The second kappa shape index (κ2) is 6.29. The molecular formula is C16H17N3O4. The Kier molecular flexibility index (Phi) is 4.20. The lowest BCUT2D eigenvalue weighted by molar-refractivity contribution is -0.383. The number of fused-ring (bicyclic) bond motifs is 1. The van der Waals surface area contributed by atoms with Crippen molar-refractivity contribution in [2.75, 3.05) is 19.7 Å². The number of rotatable bonds is 3. The SMILES string of the molecule is O=C(c1ccc([N+](=O)[O-])c2cccnc12)N1CCC(CO)CC1. The maximum absolute atomic E-state index is 12.7. The highest BCUT2D eigenvalue weighted by Gasteiger charge is 2.26. The molecule has 1 aliphatic heterocycles. The Morgan fingerprint density at radius 3 is 2.74 bits per heavy atom. The Morgan fingerprint density at radius 1 is 1.35 bits per heavy atom. The van der Waals surface area contributed by atoms with Gasteiger partial charge in [-0.25, -0.2) is 0 Å². The average Bonchev–Trinajstić information content (AvgIpc) is 2.60. The van der Waals surface area contributed by atoms with E-state index in [2.05, 4.69) is 4.98 Å². The third-order valence-electron chi connectivity index (χ3n) is 4.33. The van der Waals surface area contributed by atoms with Crippen molar-refractivity contribution in [3.8, 4) is 0 Å². The number of aromatic nitrogens is 1. The number of nitro groups is 1. The van der Waals surface area contributed by atoms with Gasteiger partial charge in [0.05, 0.1) is 21.4 Å². The summed E-state index contributed by atoms with van der Waals surface area (Å²) in [5.41, 5.74) is 0.688. The van der Waals surface area contributed by atoms with E-state index < -0.39 is 4.92 Å². The first-order valence-electron chi connectivity index (χ1n) is 7.54. The van der Waals surface area contributed by atoms with Gasteiger partial charge in [0.2, 0.25) is 0 Å². The van der Waals surface area contributed by atoms with Gasteiger partial charge < -0.3 is 10.0 Å². The van der Waals surface area contributed by atoms with Gasteiger partial charge in [0.1, 0.15) is 0 Å². The number of piperidine rings is 1. The van der Waals surface area contributed by atoms with Crippen LogP contribution in [0.1, 0.15) is 23.2 Å². The zero-order valence-electron chi connectivity index (χ0n) is 12.5. The molecule has 0 radical (unpaired) electrons. The van der Waals surface area contributed by atoms with Gasteiger partial charge in [-0.2, -0.15) is 0 Å². The van der Waals surface area contributed by atoms with Crippen LogP contribution in [0.4, 0.5) is 5.69 Å². The Hall–Kier alpha value is -2.54. The molecule has 1 saturated heterocycles. The van der Waals surface area contributed by atoms with Crippen molar-refractivity contribution in [3.05, 3.63) is 46.1 Å². The van der Waals surface area contributed by atoms with Gasteiger partial charge in [-0.3, -0.25) is 19.9 Å². The molecule has 1 aliphatic rings. The molecule has 1 aromatic heterocycles. The van der Waals surface area contributed by atoms with E-state index in [1.54, 1.807) is 17.0 Å². The predicted molar refractivity (Wildman–Crippen MR) is 84.1 cm³/mol. The molecule has 2 aromatic rings. The van der Waals surface area contributed by atoms with E-state index >= 15 is 0 Å². The van der Waals surface area contributed by atoms with Crippen LogP contribution in [0.5, 0.6) is 0 Å². The van der Waals surface area contributed by atoms with Gasteiger partial charge in [0, 0.05) is 32.0 Å². The van der Waals surface area contributed by atoms with Crippen LogP contribution in [0, 0.1) is 16.0 Å². The molecular weight excluding hydrogens is 298 g/mol. The molecule has 2 heterocycles. The number of aliphatic hydroxyl groups is 1.